The van der Waals surface area contributed by atoms with Gasteiger partial charge in [-0.25, -0.2) is 4.98 Å². The summed E-state index contributed by atoms with van der Waals surface area (Å²) < 4.78 is 15.7. The molecule has 136 valence electrons. The molecule has 0 radical (unpaired) electrons. The molecule has 5 heteroatoms. The number of imidazole rings is 1. The number of rotatable bonds is 5. The van der Waals surface area contributed by atoms with Crippen molar-refractivity contribution in [2.75, 3.05) is 0 Å². The van der Waals surface area contributed by atoms with E-state index in [2.05, 4.69) is 17.3 Å². The molecule has 0 unspecified atom stereocenters. The summed E-state index contributed by atoms with van der Waals surface area (Å²) in [5.41, 5.74) is 3.88. The standard InChI is InChI=1S/C21H23FN2OS/c1-3-12-21(13-8-5-9-14-21)26-20(25)18-19(22)23-15-24(18)16(2)17-10-6-4-7-11-17/h4,6-7,10-12,15-16H,1,5,8-9,13-14H2,2H3/t16-/m1/s1. The van der Waals surface area contributed by atoms with Crippen LogP contribution in [-0.4, -0.2) is 19.4 Å². The van der Waals surface area contributed by atoms with Crippen molar-refractivity contribution < 1.29 is 9.18 Å². The van der Waals surface area contributed by atoms with Crippen LogP contribution in [-0.2, 0) is 0 Å². The highest BCUT2D eigenvalue weighted by atomic mass is 32.2. The van der Waals surface area contributed by atoms with Crippen molar-refractivity contribution in [1.82, 2.24) is 9.55 Å². The molecule has 1 atom stereocenters. The molecule has 1 aromatic carbocycles. The molecule has 0 amide bonds. The fraction of sp³-hybridized carbons (Fsp3) is 0.381. The molecule has 0 aliphatic heterocycles. The second-order valence-electron chi connectivity index (χ2n) is 6.74. The van der Waals surface area contributed by atoms with E-state index in [9.17, 15) is 9.18 Å². The fourth-order valence-electron chi connectivity index (χ4n) is 3.56. The maximum Gasteiger partial charge on any atom is 0.242 e. The number of halogens is 1. The van der Waals surface area contributed by atoms with Crippen LogP contribution in [0.15, 0.2) is 55.0 Å². The molecular weight excluding hydrogens is 347 g/mol. The maximum atomic E-state index is 14.4. The first-order valence-corrected chi connectivity index (χ1v) is 9.75. The van der Waals surface area contributed by atoms with E-state index in [0.717, 1.165) is 31.2 Å². The van der Waals surface area contributed by atoms with Crippen LogP contribution >= 0.6 is 11.8 Å². The quantitative estimate of drug-likeness (QED) is 0.647. The molecule has 0 spiro atoms. The van der Waals surface area contributed by atoms with Crippen molar-refractivity contribution in [3.63, 3.8) is 0 Å². The number of nitrogens with zero attached hydrogens (tertiary/aromatic N) is 2. The van der Waals surface area contributed by atoms with Crippen molar-refractivity contribution >= 4 is 16.9 Å². The van der Waals surface area contributed by atoms with Gasteiger partial charge in [0.25, 0.3) is 0 Å². The molecule has 1 aliphatic rings. The molecule has 1 saturated carbocycles. The summed E-state index contributed by atoms with van der Waals surface area (Å²) in [6.45, 7) is 5.62. The second kappa shape index (κ2) is 8.07. The molecule has 0 bridgehead atoms. The van der Waals surface area contributed by atoms with Crippen LogP contribution in [0.25, 0.3) is 0 Å². The average molecular weight is 370 g/mol. The summed E-state index contributed by atoms with van der Waals surface area (Å²) in [5, 5.41) is -0.281. The van der Waals surface area contributed by atoms with E-state index in [0.29, 0.717) is 0 Å². The lowest BCUT2D eigenvalue weighted by Gasteiger charge is -2.32. The maximum absolute atomic E-state index is 14.4. The predicted molar refractivity (Wildman–Crippen MR) is 104 cm³/mol. The Balaban J connectivity index is 1.90. The summed E-state index contributed by atoms with van der Waals surface area (Å²) in [6.07, 6.45) is 8.34. The van der Waals surface area contributed by atoms with Crippen LogP contribution in [0.4, 0.5) is 4.39 Å². The molecular formula is C21H23FN2OS. The summed E-state index contributed by atoms with van der Waals surface area (Å²) in [5.74, 6) is -0.709. The molecule has 3 rings (SSSR count). The Morgan fingerprint density at radius 3 is 2.69 bits per heavy atom. The lowest BCUT2D eigenvalue weighted by Crippen LogP contribution is -2.28. The molecule has 0 saturated heterocycles. The highest BCUT2D eigenvalue weighted by molar-refractivity contribution is 8.15. The number of benzene rings is 1. The molecule has 1 fully saturated rings. The van der Waals surface area contributed by atoms with Gasteiger partial charge in [-0.15, -0.1) is 5.73 Å². The van der Waals surface area contributed by atoms with Gasteiger partial charge in [-0.2, -0.15) is 4.39 Å². The van der Waals surface area contributed by atoms with Gasteiger partial charge in [-0.3, -0.25) is 4.79 Å². The van der Waals surface area contributed by atoms with Crippen molar-refractivity contribution in [2.45, 2.75) is 49.8 Å². The third-order valence-electron chi connectivity index (χ3n) is 5.00. The van der Waals surface area contributed by atoms with Crippen molar-refractivity contribution in [2.24, 2.45) is 0 Å². The normalized spacial score (nSPS) is 17.3. The Hall–Kier alpha value is -2.10. The smallest absolute Gasteiger partial charge is 0.242 e. The second-order valence-corrected chi connectivity index (χ2v) is 8.13. The summed E-state index contributed by atoms with van der Waals surface area (Å²) in [4.78, 5) is 16.8. The van der Waals surface area contributed by atoms with Crippen LogP contribution in [0.5, 0.6) is 0 Å². The first-order chi connectivity index (χ1) is 12.6. The minimum Gasteiger partial charge on any atom is -0.318 e. The van der Waals surface area contributed by atoms with Crippen LogP contribution in [0, 0.1) is 5.95 Å². The van der Waals surface area contributed by atoms with Crippen LogP contribution in [0.2, 0.25) is 0 Å². The molecule has 0 N–H and O–H groups in total. The SMILES string of the molecule is C=C=CC1(SC(=O)c2c(F)ncn2[C@H](C)c2ccccc2)CCCCC1. The van der Waals surface area contributed by atoms with Gasteiger partial charge in [0.2, 0.25) is 11.1 Å². The highest BCUT2D eigenvalue weighted by Gasteiger charge is 2.35. The number of hydrogen-bond donors (Lipinski definition) is 0. The van der Waals surface area contributed by atoms with E-state index in [4.69, 9.17) is 0 Å². The number of thioether (sulfide) groups is 1. The van der Waals surface area contributed by atoms with E-state index in [1.165, 1.54) is 24.5 Å². The minimum atomic E-state index is -0.709. The summed E-state index contributed by atoms with van der Waals surface area (Å²) >= 11 is 1.19. The number of carbonyl (C=O) groups excluding carboxylic acids is 1. The van der Waals surface area contributed by atoms with Crippen molar-refractivity contribution in [3.05, 3.63) is 72.3 Å². The fourth-order valence-corrected chi connectivity index (χ4v) is 4.85. The average Bonchev–Trinajstić information content (AvgIpc) is 3.04. The van der Waals surface area contributed by atoms with Gasteiger partial charge in [-0.1, -0.05) is 67.9 Å². The van der Waals surface area contributed by atoms with Gasteiger partial charge >= 0.3 is 0 Å². The lowest BCUT2D eigenvalue weighted by atomic mass is 9.88. The summed E-state index contributed by atoms with van der Waals surface area (Å²) in [7, 11) is 0. The third-order valence-corrected chi connectivity index (χ3v) is 6.31. The molecule has 3 nitrogen and oxygen atoms in total. The monoisotopic (exact) mass is 370 g/mol. The Labute approximate surface area is 158 Å². The van der Waals surface area contributed by atoms with Gasteiger partial charge in [0.05, 0.1) is 12.4 Å². The van der Waals surface area contributed by atoms with E-state index in [1.807, 2.05) is 43.3 Å². The van der Waals surface area contributed by atoms with E-state index >= 15 is 0 Å². The number of hydrogen-bond acceptors (Lipinski definition) is 3. The molecule has 1 aliphatic carbocycles. The molecule has 1 aromatic heterocycles. The third kappa shape index (κ3) is 3.84. The molecule has 2 aromatic rings. The zero-order chi connectivity index (χ0) is 18.6. The first kappa shape index (κ1) is 18.7. The Bertz CT molecular complexity index is 818. The van der Waals surface area contributed by atoms with Crippen LogP contribution in [0.3, 0.4) is 0 Å². The van der Waals surface area contributed by atoms with Crippen molar-refractivity contribution in [3.8, 4) is 0 Å². The van der Waals surface area contributed by atoms with Crippen LogP contribution in [0.1, 0.15) is 61.1 Å². The zero-order valence-electron chi connectivity index (χ0n) is 15.0. The van der Waals surface area contributed by atoms with Gasteiger partial charge in [0, 0.05) is 4.75 Å². The summed E-state index contributed by atoms with van der Waals surface area (Å²) in [6, 6.07) is 9.55. The number of carbonyl (C=O) groups is 1. The molecule has 26 heavy (non-hydrogen) atoms. The van der Waals surface area contributed by atoms with Crippen LogP contribution < -0.4 is 0 Å². The highest BCUT2D eigenvalue weighted by Crippen LogP contribution is 2.43. The zero-order valence-corrected chi connectivity index (χ0v) is 15.8. The van der Waals surface area contributed by atoms with Crippen molar-refractivity contribution in [1.29, 1.82) is 0 Å². The number of aromatic nitrogens is 2. The van der Waals surface area contributed by atoms with Gasteiger partial charge < -0.3 is 4.57 Å². The Kier molecular flexibility index (Phi) is 5.80. The topological polar surface area (TPSA) is 34.9 Å². The Morgan fingerprint density at radius 1 is 1.35 bits per heavy atom. The predicted octanol–water partition coefficient (Wildman–Crippen LogP) is 5.55. The van der Waals surface area contributed by atoms with Gasteiger partial charge in [0.15, 0.2) is 5.69 Å². The first-order valence-electron chi connectivity index (χ1n) is 8.94. The van der Waals surface area contributed by atoms with E-state index in [-0.39, 0.29) is 21.6 Å². The van der Waals surface area contributed by atoms with E-state index in [1.54, 1.807) is 4.57 Å². The Morgan fingerprint density at radius 2 is 2.04 bits per heavy atom. The van der Waals surface area contributed by atoms with E-state index < -0.39 is 5.95 Å². The van der Waals surface area contributed by atoms with Gasteiger partial charge in [0.1, 0.15) is 0 Å². The molecule has 1 heterocycles. The largest absolute Gasteiger partial charge is 0.318 e. The minimum absolute atomic E-state index is 0.0359. The lowest BCUT2D eigenvalue weighted by molar-refractivity contribution is 0.107. The van der Waals surface area contributed by atoms with Gasteiger partial charge in [-0.05, 0) is 31.4 Å².